The molecule has 5 nitrogen and oxygen atoms in total. The van der Waals surface area contributed by atoms with Crippen LogP contribution in [0.5, 0.6) is 0 Å². The average molecular weight is 322 g/mol. The Bertz CT molecular complexity index is 505. The minimum Gasteiger partial charge on any atom is -0.376 e. The van der Waals surface area contributed by atoms with Crippen molar-refractivity contribution in [1.82, 2.24) is 9.80 Å². The third-order valence-corrected chi connectivity index (χ3v) is 4.97. The molecule has 0 bridgehead atoms. The zero-order chi connectivity index (χ0) is 15.4. The lowest BCUT2D eigenvalue weighted by molar-refractivity contribution is -0.131. The predicted molar refractivity (Wildman–Crippen MR) is 85.0 cm³/mol. The fraction of sp³-hybridized carbons (Fsp3) is 0.625. The molecule has 0 spiro atoms. The van der Waals surface area contributed by atoms with Crippen LogP contribution < -0.4 is 0 Å². The van der Waals surface area contributed by atoms with Gasteiger partial charge in [-0.2, -0.15) is 11.3 Å². The summed E-state index contributed by atoms with van der Waals surface area (Å²) >= 11 is 1.50. The highest BCUT2D eigenvalue weighted by Gasteiger charge is 2.27. The van der Waals surface area contributed by atoms with Gasteiger partial charge in [0, 0.05) is 31.6 Å². The van der Waals surface area contributed by atoms with Gasteiger partial charge in [0.15, 0.2) is 0 Å². The Kier molecular flexibility index (Phi) is 5.10. The summed E-state index contributed by atoms with van der Waals surface area (Å²) in [7, 11) is 0. The molecule has 2 aliphatic rings. The van der Waals surface area contributed by atoms with Gasteiger partial charge in [0.2, 0.25) is 5.91 Å². The molecule has 120 valence electrons. The van der Waals surface area contributed by atoms with Crippen molar-refractivity contribution in [2.24, 2.45) is 0 Å². The highest BCUT2D eigenvalue weighted by Crippen LogP contribution is 2.17. The van der Waals surface area contributed by atoms with Gasteiger partial charge in [-0.05, 0) is 37.1 Å². The maximum absolute atomic E-state index is 12.7. The first-order valence-electron chi connectivity index (χ1n) is 7.95. The third-order valence-electron chi connectivity index (χ3n) is 4.29. The average Bonchev–Trinajstić information content (AvgIpc) is 3.26. The third kappa shape index (κ3) is 3.67. The number of nitrogens with zero attached hydrogens (tertiary/aromatic N) is 2. The number of carbonyl (C=O) groups is 2. The molecule has 1 unspecified atom stereocenters. The van der Waals surface area contributed by atoms with E-state index >= 15 is 0 Å². The second-order valence-electron chi connectivity index (χ2n) is 5.92. The van der Waals surface area contributed by atoms with Crippen LogP contribution in [-0.4, -0.2) is 60.5 Å². The minimum atomic E-state index is -0.0655. The number of carbonyl (C=O) groups excluding carboxylic acids is 2. The largest absolute Gasteiger partial charge is 0.376 e. The van der Waals surface area contributed by atoms with Crippen molar-refractivity contribution in [2.75, 3.05) is 32.8 Å². The molecule has 3 rings (SSSR count). The normalized spacial score (nSPS) is 21.3. The van der Waals surface area contributed by atoms with E-state index in [2.05, 4.69) is 0 Å². The van der Waals surface area contributed by atoms with Gasteiger partial charge < -0.3 is 14.5 Å². The lowest BCUT2D eigenvalue weighted by atomic mass is 10.2. The molecule has 2 fully saturated rings. The molecule has 1 aromatic heterocycles. The molecule has 2 amide bonds. The molecule has 1 aromatic rings. The minimum absolute atomic E-state index is 0.0547. The number of amides is 2. The second kappa shape index (κ2) is 7.24. The van der Waals surface area contributed by atoms with E-state index in [1.807, 2.05) is 21.7 Å². The van der Waals surface area contributed by atoms with Crippen LogP contribution in [-0.2, 0) is 9.53 Å². The molecule has 3 heterocycles. The van der Waals surface area contributed by atoms with Gasteiger partial charge in [0.05, 0.1) is 11.7 Å². The van der Waals surface area contributed by atoms with Gasteiger partial charge in [-0.15, -0.1) is 0 Å². The molecule has 0 aromatic carbocycles. The van der Waals surface area contributed by atoms with E-state index in [0.717, 1.165) is 45.4 Å². The summed E-state index contributed by atoms with van der Waals surface area (Å²) in [6.07, 6.45) is 4.19. The first kappa shape index (κ1) is 15.5. The molecule has 0 N–H and O–H groups in total. The quantitative estimate of drug-likeness (QED) is 0.833. The Labute approximate surface area is 134 Å². The van der Waals surface area contributed by atoms with Gasteiger partial charge in [-0.3, -0.25) is 9.59 Å². The van der Waals surface area contributed by atoms with Crippen molar-refractivity contribution in [3.63, 3.8) is 0 Å². The van der Waals surface area contributed by atoms with E-state index in [9.17, 15) is 9.59 Å². The van der Waals surface area contributed by atoms with Crippen LogP contribution >= 0.6 is 11.3 Å². The Morgan fingerprint density at radius 1 is 1.32 bits per heavy atom. The maximum atomic E-state index is 12.7. The first-order valence-corrected chi connectivity index (χ1v) is 8.89. The summed E-state index contributed by atoms with van der Waals surface area (Å²) in [5.41, 5.74) is 0.664. The monoisotopic (exact) mass is 322 g/mol. The van der Waals surface area contributed by atoms with Crippen molar-refractivity contribution in [1.29, 1.82) is 0 Å². The zero-order valence-electron chi connectivity index (χ0n) is 12.7. The van der Waals surface area contributed by atoms with E-state index in [1.54, 1.807) is 4.90 Å². The van der Waals surface area contributed by atoms with E-state index in [1.165, 1.54) is 11.3 Å². The molecule has 1 atom stereocenters. The molecular formula is C16H22N2O3S. The Balaban J connectivity index is 1.67. The topological polar surface area (TPSA) is 49.9 Å². The number of ether oxygens (including phenoxy) is 1. The summed E-state index contributed by atoms with van der Waals surface area (Å²) in [6.45, 7) is 3.06. The molecule has 0 aliphatic carbocycles. The van der Waals surface area contributed by atoms with Crippen LogP contribution in [0.25, 0.3) is 0 Å². The Hall–Kier alpha value is -1.40. The van der Waals surface area contributed by atoms with Crippen molar-refractivity contribution in [3.05, 3.63) is 22.4 Å². The number of rotatable bonds is 5. The van der Waals surface area contributed by atoms with Crippen molar-refractivity contribution >= 4 is 23.2 Å². The number of likely N-dealkylation sites (tertiary alicyclic amines) is 1. The van der Waals surface area contributed by atoms with Crippen molar-refractivity contribution < 1.29 is 14.3 Å². The van der Waals surface area contributed by atoms with Crippen molar-refractivity contribution in [3.8, 4) is 0 Å². The maximum Gasteiger partial charge on any atom is 0.255 e. The summed E-state index contributed by atoms with van der Waals surface area (Å²) in [6, 6.07) is 1.82. The van der Waals surface area contributed by atoms with Crippen LogP contribution in [0.1, 0.15) is 36.0 Å². The number of hydrogen-bond acceptors (Lipinski definition) is 4. The molecule has 2 saturated heterocycles. The second-order valence-corrected chi connectivity index (χ2v) is 6.70. The molecule has 2 aliphatic heterocycles. The smallest absolute Gasteiger partial charge is 0.255 e. The molecule has 0 radical (unpaired) electrons. The summed E-state index contributed by atoms with van der Waals surface area (Å²) in [4.78, 5) is 28.6. The summed E-state index contributed by atoms with van der Waals surface area (Å²) < 4.78 is 5.64. The van der Waals surface area contributed by atoms with Crippen LogP contribution in [0, 0.1) is 0 Å². The summed E-state index contributed by atoms with van der Waals surface area (Å²) in [5, 5.41) is 3.73. The molecular weight excluding hydrogens is 300 g/mol. The van der Waals surface area contributed by atoms with E-state index in [-0.39, 0.29) is 24.5 Å². The van der Waals surface area contributed by atoms with Gasteiger partial charge in [0.1, 0.15) is 6.54 Å². The predicted octanol–water partition coefficient (Wildman–Crippen LogP) is 1.99. The van der Waals surface area contributed by atoms with Gasteiger partial charge in [-0.25, -0.2) is 0 Å². The fourth-order valence-electron chi connectivity index (χ4n) is 3.05. The van der Waals surface area contributed by atoms with Crippen LogP contribution in [0.3, 0.4) is 0 Å². The van der Waals surface area contributed by atoms with E-state index < -0.39 is 0 Å². The van der Waals surface area contributed by atoms with E-state index in [4.69, 9.17) is 4.74 Å². The first-order chi connectivity index (χ1) is 10.7. The van der Waals surface area contributed by atoms with Gasteiger partial charge in [0.25, 0.3) is 5.91 Å². The van der Waals surface area contributed by atoms with Gasteiger partial charge in [-0.1, -0.05) is 0 Å². The number of hydrogen-bond donors (Lipinski definition) is 0. The highest BCUT2D eigenvalue weighted by atomic mass is 32.1. The van der Waals surface area contributed by atoms with Crippen LogP contribution in [0.2, 0.25) is 0 Å². The summed E-state index contributed by atoms with van der Waals surface area (Å²) in [5.74, 6) is -0.0108. The highest BCUT2D eigenvalue weighted by molar-refractivity contribution is 7.08. The Morgan fingerprint density at radius 3 is 2.77 bits per heavy atom. The van der Waals surface area contributed by atoms with Gasteiger partial charge >= 0.3 is 0 Å². The molecule has 22 heavy (non-hydrogen) atoms. The number of thiophene rings is 1. The van der Waals surface area contributed by atoms with Crippen LogP contribution in [0.15, 0.2) is 16.8 Å². The Morgan fingerprint density at radius 2 is 2.14 bits per heavy atom. The van der Waals surface area contributed by atoms with E-state index in [0.29, 0.717) is 12.1 Å². The van der Waals surface area contributed by atoms with Crippen molar-refractivity contribution in [2.45, 2.75) is 31.8 Å². The fourth-order valence-corrected chi connectivity index (χ4v) is 3.68. The molecule has 0 saturated carbocycles. The molecule has 6 heteroatoms. The standard InChI is InChI=1S/C16H22N2O3S/c19-15(17-6-1-2-7-17)11-18(10-14-4-3-8-21-14)16(20)13-5-9-22-12-13/h5,9,12,14H,1-4,6-8,10-11H2. The zero-order valence-corrected chi connectivity index (χ0v) is 13.5. The SMILES string of the molecule is O=C(CN(CC1CCCO1)C(=O)c1ccsc1)N1CCCC1. The lowest BCUT2D eigenvalue weighted by Gasteiger charge is -2.27. The lowest BCUT2D eigenvalue weighted by Crippen LogP contribution is -2.44. The van der Waals surface area contributed by atoms with Crippen LogP contribution in [0.4, 0.5) is 0 Å².